The summed E-state index contributed by atoms with van der Waals surface area (Å²) < 4.78 is 5.50. The highest BCUT2D eigenvalue weighted by atomic mass is 16.5. The summed E-state index contributed by atoms with van der Waals surface area (Å²) in [4.78, 5) is 25.7. The number of hydrogen-bond acceptors (Lipinski definition) is 4. The monoisotopic (exact) mass is 259 g/mol. The number of urea groups is 1. The van der Waals surface area contributed by atoms with Crippen molar-refractivity contribution in [3.63, 3.8) is 0 Å². The molecule has 1 saturated heterocycles. The molecular weight excluding hydrogens is 238 g/mol. The molecule has 1 rings (SSSR count). The van der Waals surface area contributed by atoms with E-state index in [1.807, 2.05) is 7.05 Å². The highest BCUT2D eigenvalue weighted by Gasteiger charge is 2.20. The first-order valence-electron chi connectivity index (χ1n) is 6.07. The number of carboxylic acids is 1. The molecule has 0 saturated carbocycles. The van der Waals surface area contributed by atoms with Gasteiger partial charge in [0.15, 0.2) is 0 Å². The van der Waals surface area contributed by atoms with Crippen LogP contribution in [-0.4, -0.2) is 79.4 Å². The van der Waals surface area contributed by atoms with Gasteiger partial charge in [-0.1, -0.05) is 0 Å². The molecule has 0 aromatic carbocycles. The van der Waals surface area contributed by atoms with E-state index in [1.165, 1.54) is 4.90 Å². The van der Waals surface area contributed by atoms with Crippen molar-refractivity contribution >= 4 is 12.0 Å². The second-order valence-electron chi connectivity index (χ2n) is 4.35. The Kier molecular flexibility index (Phi) is 5.87. The number of carbonyl (C=O) groups is 2. The van der Waals surface area contributed by atoms with E-state index in [-0.39, 0.29) is 18.7 Å². The molecule has 1 fully saturated rings. The van der Waals surface area contributed by atoms with E-state index in [2.05, 4.69) is 10.2 Å². The van der Waals surface area contributed by atoms with Crippen LogP contribution in [0.15, 0.2) is 0 Å². The van der Waals surface area contributed by atoms with E-state index in [0.29, 0.717) is 19.7 Å². The summed E-state index contributed by atoms with van der Waals surface area (Å²) in [6.07, 6.45) is -0.0313. The van der Waals surface area contributed by atoms with E-state index in [1.54, 1.807) is 6.92 Å². The highest BCUT2D eigenvalue weighted by Crippen LogP contribution is 2.01. The van der Waals surface area contributed by atoms with Gasteiger partial charge < -0.3 is 25.0 Å². The number of morpholine rings is 1. The van der Waals surface area contributed by atoms with Gasteiger partial charge in [0.25, 0.3) is 0 Å². The summed E-state index contributed by atoms with van der Waals surface area (Å²) in [5, 5.41) is 11.4. The second kappa shape index (κ2) is 7.17. The molecule has 0 radical (unpaired) electrons. The Morgan fingerprint density at radius 2 is 2.28 bits per heavy atom. The zero-order chi connectivity index (χ0) is 13.5. The number of amides is 2. The summed E-state index contributed by atoms with van der Waals surface area (Å²) in [6, 6.07) is -0.364. The topological polar surface area (TPSA) is 82.1 Å². The summed E-state index contributed by atoms with van der Waals surface area (Å²) >= 11 is 0. The summed E-state index contributed by atoms with van der Waals surface area (Å²) in [5.74, 6) is -1.01. The van der Waals surface area contributed by atoms with Crippen LogP contribution in [0.5, 0.6) is 0 Å². The SMILES string of the molecule is CCN(CC(=O)O)C(=O)NCC1CN(C)CCO1. The van der Waals surface area contributed by atoms with Gasteiger partial charge in [-0.25, -0.2) is 4.79 Å². The van der Waals surface area contributed by atoms with Crippen molar-refractivity contribution in [1.29, 1.82) is 0 Å². The quantitative estimate of drug-likeness (QED) is 0.691. The fourth-order valence-electron chi connectivity index (χ4n) is 1.79. The smallest absolute Gasteiger partial charge is 0.323 e. The van der Waals surface area contributed by atoms with Crippen molar-refractivity contribution < 1.29 is 19.4 Å². The van der Waals surface area contributed by atoms with Crippen LogP contribution < -0.4 is 5.32 Å². The maximum absolute atomic E-state index is 11.7. The molecule has 0 aliphatic carbocycles. The standard InChI is InChI=1S/C11H21N3O4/c1-3-14(8-10(15)16)11(17)12-6-9-7-13(2)4-5-18-9/h9H,3-8H2,1-2H3,(H,12,17)(H,15,16). The molecule has 0 aromatic heterocycles. The van der Waals surface area contributed by atoms with Crippen molar-refractivity contribution in [3.05, 3.63) is 0 Å². The first-order valence-corrected chi connectivity index (χ1v) is 6.07. The molecular formula is C11H21N3O4. The second-order valence-corrected chi connectivity index (χ2v) is 4.35. The zero-order valence-corrected chi connectivity index (χ0v) is 10.9. The fourth-order valence-corrected chi connectivity index (χ4v) is 1.79. The molecule has 1 aliphatic heterocycles. The van der Waals surface area contributed by atoms with Crippen molar-refractivity contribution in [3.8, 4) is 0 Å². The number of ether oxygens (including phenoxy) is 1. The normalized spacial score (nSPS) is 20.4. The Balaban J connectivity index is 2.32. The summed E-state index contributed by atoms with van der Waals surface area (Å²) in [7, 11) is 2.00. The van der Waals surface area contributed by atoms with Gasteiger partial charge in [-0.2, -0.15) is 0 Å². The van der Waals surface area contributed by atoms with E-state index in [0.717, 1.165) is 13.1 Å². The largest absolute Gasteiger partial charge is 0.480 e. The van der Waals surface area contributed by atoms with Gasteiger partial charge in [0.2, 0.25) is 0 Å². The number of carboxylic acid groups (broad SMARTS) is 1. The minimum absolute atomic E-state index is 0.0313. The number of aliphatic carboxylic acids is 1. The van der Waals surface area contributed by atoms with E-state index in [9.17, 15) is 9.59 Å². The van der Waals surface area contributed by atoms with E-state index >= 15 is 0 Å². The van der Waals surface area contributed by atoms with Crippen LogP contribution in [0, 0.1) is 0 Å². The fraction of sp³-hybridized carbons (Fsp3) is 0.818. The molecule has 2 N–H and O–H groups in total. The maximum atomic E-state index is 11.7. The van der Waals surface area contributed by atoms with Gasteiger partial charge >= 0.3 is 12.0 Å². The average Bonchev–Trinajstić information content (AvgIpc) is 2.33. The molecule has 7 nitrogen and oxygen atoms in total. The molecule has 1 unspecified atom stereocenters. The first-order chi connectivity index (χ1) is 8.52. The molecule has 1 atom stereocenters. The van der Waals surface area contributed by atoms with Gasteiger partial charge in [-0.15, -0.1) is 0 Å². The Hall–Kier alpha value is -1.34. The van der Waals surface area contributed by atoms with Crippen LogP contribution in [0.3, 0.4) is 0 Å². The molecule has 18 heavy (non-hydrogen) atoms. The average molecular weight is 259 g/mol. The lowest BCUT2D eigenvalue weighted by atomic mass is 10.3. The Morgan fingerprint density at radius 1 is 1.56 bits per heavy atom. The molecule has 104 valence electrons. The predicted molar refractivity (Wildman–Crippen MR) is 65.5 cm³/mol. The Morgan fingerprint density at radius 3 is 2.83 bits per heavy atom. The Bertz CT molecular complexity index is 298. The Labute approximate surface area is 107 Å². The van der Waals surface area contributed by atoms with Crippen molar-refractivity contribution in [2.45, 2.75) is 13.0 Å². The maximum Gasteiger partial charge on any atom is 0.323 e. The van der Waals surface area contributed by atoms with Gasteiger partial charge in [-0.3, -0.25) is 4.79 Å². The summed E-state index contributed by atoms with van der Waals surface area (Å²) in [5.41, 5.74) is 0. The number of likely N-dealkylation sites (N-methyl/N-ethyl adjacent to an activating group) is 2. The van der Waals surface area contributed by atoms with Crippen LogP contribution in [-0.2, 0) is 9.53 Å². The van der Waals surface area contributed by atoms with Crippen LogP contribution >= 0.6 is 0 Å². The van der Waals surface area contributed by atoms with Crippen molar-refractivity contribution in [2.24, 2.45) is 0 Å². The number of rotatable bonds is 5. The highest BCUT2D eigenvalue weighted by molar-refractivity contribution is 5.80. The lowest BCUT2D eigenvalue weighted by molar-refractivity contribution is -0.137. The van der Waals surface area contributed by atoms with E-state index in [4.69, 9.17) is 9.84 Å². The van der Waals surface area contributed by atoms with Crippen molar-refractivity contribution in [1.82, 2.24) is 15.1 Å². The summed E-state index contributed by atoms with van der Waals surface area (Å²) in [6.45, 7) is 4.55. The van der Waals surface area contributed by atoms with Crippen LogP contribution in [0.25, 0.3) is 0 Å². The molecule has 1 heterocycles. The third-order valence-electron chi connectivity index (χ3n) is 2.82. The third kappa shape index (κ3) is 4.89. The molecule has 1 aliphatic rings. The molecule has 2 amide bonds. The molecule has 0 aromatic rings. The molecule has 7 heteroatoms. The van der Waals surface area contributed by atoms with Crippen LogP contribution in [0.4, 0.5) is 4.79 Å². The minimum Gasteiger partial charge on any atom is -0.480 e. The van der Waals surface area contributed by atoms with Crippen LogP contribution in [0.2, 0.25) is 0 Å². The number of carbonyl (C=O) groups excluding carboxylic acids is 1. The van der Waals surface area contributed by atoms with Gasteiger partial charge in [0.1, 0.15) is 6.54 Å². The van der Waals surface area contributed by atoms with Crippen molar-refractivity contribution in [2.75, 3.05) is 46.4 Å². The van der Waals surface area contributed by atoms with Gasteiger partial charge in [0.05, 0.1) is 12.7 Å². The first kappa shape index (κ1) is 14.7. The van der Waals surface area contributed by atoms with E-state index < -0.39 is 5.97 Å². The number of hydrogen-bond donors (Lipinski definition) is 2. The van der Waals surface area contributed by atoms with Gasteiger partial charge in [-0.05, 0) is 14.0 Å². The molecule has 0 spiro atoms. The van der Waals surface area contributed by atoms with Crippen LogP contribution in [0.1, 0.15) is 6.92 Å². The lowest BCUT2D eigenvalue weighted by Gasteiger charge is -2.30. The number of nitrogens with zero attached hydrogens (tertiary/aromatic N) is 2. The van der Waals surface area contributed by atoms with Gasteiger partial charge in [0, 0.05) is 26.2 Å². The lowest BCUT2D eigenvalue weighted by Crippen LogP contribution is -2.49. The third-order valence-corrected chi connectivity index (χ3v) is 2.82. The minimum atomic E-state index is -1.01. The number of nitrogens with one attached hydrogen (secondary N) is 1. The zero-order valence-electron chi connectivity index (χ0n) is 10.9. The molecule has 0 bridgehead atoms. The predicted octanol–water partition coefficient (Wildman–Crippen LogP) is -0.567.